The van der Waals surface area contributed by atoms with E-state index in [2.05, 4.69) is 10.4 Å². The van der Waals surface area contributed by atoms with E-state index in [0.29, 0.717) is 11.3 Å². The van der Waals surface area contributed by atoms with Crippen molar-refractivity contribution in [2.24, 2.45) is 7.05 Å². The fourth-order valence-electron chi connectivity index (χ4n) is 2.65. The lowest BCUT2D eigenvalue weighted by Gasteiger charge is -2.15. The highest BCUT2D eigenvalue weighted by Crippen LogP contribution is 2.31. The van der Waals surface area contributed by atoms with Crippen LogP contribution in [-0.2, 0) is 7.05 Å². The molecule has 120 valence electrons. The molecule has 3 aromatic rings. The first-order valence-electron chi connectivity index (χ1n) is 7.57. The molecule has 5 heteroatoms. The summed E-state index contributed by atoms with van der Waals surface area (Å²) in [6.45, 7) is 0. The smallest absolute Gasteiger partial charge is 0.280 e. The summed E-state index contributed by atoms with van der Waals surface area (Å²) in [7, 11) is 3.06. The fourth-order valence-corrected chi connectivity index (χ4v) is 2.65. The Hall–Kier alpha value is -3.21. The molecular weight excluding hydrogens is 302 g/mol. The molecule has 24 heavy (non-hydrogen) atoms. The van der Waals surface area contributed by atoms with Crippen LogP contribution in [0.1, 0.15) is 10.4 Å². The Bertz CT molecular complexity index is 932. The third kappa shape index (κ3) is 2.72. The molecule has 1 aromatic heterocycles. The second-order valence-electron chi connectivity index (χ2n) is 5.34. The van der Waals surface area contributed by atoms with E-state index >= 15 is 0 Å². The molecule has 0 fully saturated rings. The minimum atomic E-state index is -0.423. The number of aryl methyl sites for hydroxylation is 1. The highest BCUT2D eigenvalue weighted by Gasteiger charge is 2.23. The van der Waals surface area contributed by atoms with E-state index in [9.17, 15) is 9.59 Å². The molecule has 1 heterocycles. The van der Waals surface area contributed by atoms with Crippen LogP contribution in [0.4, 0.5) is 0 Å². The van der Waals surface area contributed by atoms with Crippen molar-refractivity contribution in [3.63, 3.8) is 0 Å². The first-order valence-corrected chi connectivity index (χ1v) is 7.57. The standard InChI is InChI=1S/C19H17N3O2/c1-20-18(23)16-15(13-9-5-3-6-10-13)17(21-22(2)19(16)24)14-11-7-4-8-12-14/h3-12H,1-2H3,(H,20,23). The van der Waals surface area contributed by atoms with Crippen LogP contribution in [0.25, 0.3) is 22.4 Å². The maximum Gasteiger partial charge on any atom is 0.280 e. The zero-order valence-electron chi connectivity index (χ0n) is 13.5. The number of hydrogen-bond acceptors (Lipinski definition) is 3. The number of carbonyl (C=O) groups excluding carboxylic acids is 1. The van der Waals surface area contributed by atoms with Gasteiger partial charge in [0.05, 0.1) is 5.69 Å². The van der Waals surface area contributed by atoms with Crippen LogP contribution in [0.5, 0.6) is 0 Å². The normalized spacial score (nSPS) is 10.4. The van der Waals surface area contributed by atoms with Gasteiger partial charge in [-0.1, -0.05) is 60.7 Å². The Balaban J connectivity index is 2.44. The molecule has 1 amide bonds. The van der Waals surface area contributed by atoms with Gasteiger partial charge in [-0.15, -0.1) is 0 Å². The average Bonchev–Trinajstić information content (AvgIpc) is 2.64. The lowest BCUT2D eigenvalue weighted by Crippen LogP contribution is -2.33. The predicted molar refractivity (Wildman–Crippen MR) is 93.7 cm³/mol. The lowest BCUT2D eigenvalue weighted by molar-refractivity contribution is 0.0961. The number of hydrogen-bond donors (Lipinski definition) is 1. The maximum atomic E-state index is 12.6. The van der Waals surface area contributed by atoms with Crippen molar-refractivity contribution in [1.82, 2.24) is 15.1 Å². The van der Waals surface area contributed by atoms with Crippen LogP contribution in [0, 0.1) is 0 Å². The van der Waals surface area contributed by atoms with Crippen molar-refractivity contribution in [1.29, 1.82) is 0 Å². The molecule has 0 atom stereocenters. The van der Waals surface area contributed by atoms with E-state index in [0.717, 1.165) is 11.1 Å². The van der Waals surface area contributed by atoms with Gasteiger partial charge in [-0.25, -0.2) is 4.68 Å². The Labute approximate surface area is 139 Å². The molecule has 0 saturated heterocycles. The van der Waals surface area contributed by atoms with Crippen molar-refractivity contribution in [2.75, 3.05) is 7.05 Å². The Morgan fingerprint density at radius 3 is 2.04 bits per heavy atom. The zero-order valence-corrected chi connectivity index (χ0v) is 13.5. The molecule has 0 aliphatic rings. The summed E-state index contributed by atoms with van der Waals surface area (Å²) in [5.74, 6) is -0.422. The Kier molecular flexibility index (Phi) is 4.24. The molecule has 0 aliphatic heterocycles. The maximum absolute atomic E-state index is 12.6. The molecular formula is C19H17N3O2. The number of amides is 1. The second-order valence-corrected chi connectivity index (χ2v) is 5.34. The summed E-state index contributed by atoms with van der Waals surface area (Å²) in [4.78, 5) is 25.0. The van der Waals surface area contributed by atoms with Gasteiger partial charge in [0.2, 0.25) is 0 Å². The Morgan fingerprint density at radius 1 is 0.958 bits per heavy atom. The lowest BCUT2D eigenvalue weighted by atomic mass is 9.95. The molecule has 0 spiro atoms. The van der Waals surface area contributed by atoms with Gasteiger partial charge in [0.1, 0.15) is 5.56 Å². The van der Waals surface area contributed by atoms with Gasteiger partial charge in [0.25, 0.3) is 11.5 Å². The van der Waals surface area contributed by atoms with E-state index in [1.54, 1.807) is 7.05 Å². The summed E-state index contributed by atoms with van der Waals surface area (Å²) in [5.41, 5.74) is 2.44. The molecule has 5 nitrogen and oxygen atoms in total. The average molecular weight is 319 g/mol. The first kappa shape index (κ1) is 15.7. The van der Waals surface area contributed by atoms with Crippen LogP contribution in [0.15, 0.2) is 65.5 Å². The minimum Gasteiger partial charge on any atom is -0.355 e. The van der Waals surface area contributed by atoms with E-state index < -0.39 is 11.5 Å². The van der Waals surface area contributed by atoms with E-state index in [4.69, 9.17) is 0 Å². The quantitative estimate of drug-likeness (QED) is 0.806. The van der Waals surface area contributed by atoms with Crippen molar-refractivity contribution in [3.8, 4) is 22.4 Å². The highest BCUT2D eigenvalue weighted by atomic mass is 16.2. The summed E-state index contributed by atoms with van der Waals surface area (Å²) in [6, 6.07) is 18.9. The number of rotatable bonds is 3. The third-order valence-corrected chi connectivity index (χ3v) is 3.81. The molecule has 1 N–H and O–H groups in total. The Morgan fingerprint density at radius 2 is 1.50 bits per heavy atom. The largest absolute Gasteiger partial charge is 0.355 e. The van der Waals surface area contributed by atoms with Crippen LogP contribution >= 0.6 is 0 Å². The third-order valence-electron chi connectivity index (χ3n) is 3.81. The van der Waals surface area contributed by atoms with Crippen molar-refractivity contribution in [3.05, 3.63) is 76.6 Å². The van der Waals surface area contributed by atoms with E-state index in [1.165, 1.54) is 11.7 Å². The molecule has 0 bridgehead atoms. The summed E-state index contributed by atoms with van der Waals surface area (Å²) < 4.78 is 1.21. The zero-order chi connectivity index (χ0) is 17.1. The SMILES string of the molecule is CNC(=O)c1c(-c2ccccc2)c(-c2ccccc2)nn(C)c1=O. The molecule has 0 unspecified atom stereocenters. The van der Waals surface area contributed by atoms with Crippen LogP contribution in [-0.4, -0.2) is 22.7 Å². The summed E-state index contributed by atoms with van der Waals surface area (Å²) in [6.07, 6.45) is 0. The number of benzene rings is 2. The minimum absolute atomic E-state index is 0.0973. The van der Waals surface area contributed by atoms with Gasteiger partial charge >= 0.3 is 0 Å². The first-order chi connectivity index (χ1) is 11.6. The van der Waals surface area contributed by atoms with Crippen molar-refractivity contribution in [2.45, 2.75) is 0 Å². The van der Waals surface area contributed by atoms with Gasteiger partial charge < -0.3 is 5.32 Å². The number of aromatic nitrogens is 2. The van der Waals surface area contributed by atoms with E-state index in [-0.39, 0.29) is 5.56 Å². The monoisotopic (exact) mass is 319 g/mol. The summed E-state index contributed by atoms with van der Waals surface area (Å²) >= 11 is 0. The van der Waals surface area contributed by atoms with Crippen LogP contribution in [0.2, 0.25) is 0 Å². The number of nitrogens with zero attached hydrogens (tertiary/aromatic N) is 2. The van der Waals surface area contributed by atoms with Crippen LogP contribution < -0.4 is 10.9 Å². The second kappa shape index (κ2) is 6.50. The van der Waals surface area contributed by atoms with Gasteiger partial charge in [0.15, 0.2) is 0 Å². The molecule has 0 radical (unpaired) electrons. The number of carbonyl (C=O) groups is 1. The molecule has 3 rings (SSSR count). The van der Waals surface area contributed by atoms with Gasteiger partial charge in [-0.2, -0.15) is 5.10 Å². The predicted octanol–water partition coefficient (Wildman–Crippen LogP) is 2.47. The molecule has 2 aromatic carbocycles. The fraction of sp³-hybridized carbons (Fsp3) is 0.105. The van der Waals surface area contributed by atoms with Crippen molar-refractivity contribution < 1.29 is 4.79 Å². The van der Waals surface area contributed by atoms with E-state index in [1.807, 2.05) is 60.7 Å². The molecule has 0 saturated carbocycles. The number of nitrogens with one attached hydrogen (secondary N) is 1. The van der Waals surface area contributed by atoms with Crippen molar-refractivity contribution >= 4 is 5.91 Å². The summed E-state index contributed by atoms with van der Waals surface area (Å²) in [5, 5.41) is 6.98. The molecule has 0 aliphatic carbocycles. The van der Waals surface area contributed by atoms with Gasteiger partial charge in [-0.3, -0.25) is 9.59 Å². The topological polar surface area (TPSA) is 64.0 Å². The van der Waals surface area contributed by atoms with Gasteiger partial charge in [0, 0.05) is 25.2 Å². The van der Waals surface area contributed by atoms with Gasteiger partial charge in [-0.05, 0) is 5.56 Å². The highest BCUT2D eigenvalue weighted by molar-refractivity contribution is 6.03. The van der Waals surface area contributed by atoms with Crippen LogP contribution in [0.3, 0.4) is 0 Å².